The molecule has 2 nitrogen and oxygen atoms in total. The highest BCUT2D eigenvalue weighted by atomic mass is 32.2. The fraction of sp³-hybridized carbons (Fsp3) is 0.308. The molecule has 0 bridgehead atoms. The molecular weight excluding hydrogens is 288 g/mol. The van der Waals surface area contributed by atoms with Crippen molar-refractivity contribution in [1.29, 1.82) is 0 Å². The van der Waals surface area contributed by atoms with Gasteiger partial charge in [-0.15, -0.1) is 11.3 Å². The highest BCUT2D eigenvalue weighted by Gasteiger charge is 2.19. The van der Waals surface area contributed by atoms with Crippen molar-refractivity contribution in [2.24, 2.45) is 4.40 Å². The molecule has 0 spiro atoms. The van der Waals surface area contributed by atoms with Gasteiger partial charge in [0.1, 0.15) is 16.8 Å². The Bertz CT molecular complexity index is 671. The minimum Gasteiger partial charge on any atom is -0.234 e. The topological polar surface area (TPSA) is 29.4 Å². The minimum absolute atomic E-state index is 0.262. The van der Waals surface area contributed by atoms with E-state index in [4.69, 9.17) is 0 Å². The normalized spacial score (nSPS) is 14.4. The summed E-state index contributed by atoms with van der Waals surface area (Å²) in [6.45, 7) is 5.37. The molecule has 0 fully saturated rings. The van der Waals surface area contributed by atoms with Crippen LogP contribution in [0.2, 0.25) is 0 Å². The minimum atomic E-state index is -1.44. The molecule has 0 aliphatic carbocycles. The number of fused-ring (bicyclic) bond motifs is 1. The molecule has 0 saturated heterocycles. The molecule has 1 atom stereocenters. The van der Waals surface area contributed by atoms with Gasteiger partial charge in [-0.1, -0.05) is 0 Å². The molecule has 0 aliphatic heterocycles. The second kappa shape index (κ2) is 5.09. The van der Waals surface area contributed by atoms with Gasteiger partial charge in [0.2, 0.25) is 0 Å². The molecular formula is C13H13F2NOS2. The van der Waals surface area contributed by atoms with Crippen LogP contribution in [0.3, 0.4) is 0 Å². The molecule has 2 aromatic rings. The van der Waals surface area contributed by atoms with E-state index in [1.807, 2.05) is 0 Å². The van der Waals surface area contributed by atoms with E-state index in [0.29, 0.717) is 10.1 Å². The molecule has 0 radical (unpaired) electrons. The second-order valence-electron chi connectivity index (χ2n) is 5.02. The van der Waals surface area contributed by atoms with E-state index < -0.39 is 27.4 Å². The number of halogens is 2. The Morgan fingerprint density at radius 2 is 2.00 bits per heavy atom. The van der Waals surface area contributed by atoms with Crippen LogP contribution < -0.4 is 0 Å². The van der Waals surface area contributed by atoms with Crippen molar-refractivity contribution in [2.75, 3.05) is 0 Å². The van der Waals surface area contributed by atoms with Crippen molar-refractivity contribution in [3.8, 4) is 0 Å². The first kappa shape index (κ1) is 14.3. The quantitative estimate of drug-likeness (QED) is 0.769. The van der Waals surface area contributed by atoms with E-state index in [0.717, 1.165) is 11.3 Å². The Morgan fingerprint density at radius 3 is 2.63 bits per heavy atom. The highest BCUT2D eigenvalue weighted by Crippen LogP contribution is 2.29. The maximum Gasteiger partial charge on any atom is 0.150 e. The summed E-state index contributed by atoms with van der Waals surface area (Å²) in [4.78, 5) is 0.262. The van der Waals surface area contributed by atoms with Crippen molar-refractivity contribution in [3.63, 3.8) is 0 Å². The van der Waals surface area contributed by atoms with Crippen LogP contribution in [0.15, 0.2) is 22.6 Å². The van der Waals surface area contributed by atoms with Crippen LogP contribution in [-0.4, -0.2) is 15.2 Å². The standard InChI is InChI=1S/C13H13F2NOS2/c1-13(2,3)19(17)16-7-11-12(15)9-5-4-8(14)6-10(9)18-11/h4-7H,1-3H3. The number of hydrogen-bond acceptors (Lipinski definition) is 2. The third kappa shape index (κ3) is 3.06. The van der Waals surface area contributed by atoms with Gasteiger partial charge in [-0.25, -0.2) is 13.0 Å². The maximum atomic E-state index is 14.0. The second-order valence-corrected chi connectivity index (χ2v) is 8.03. The van der Waals surface area contributed by atoms with Crippen molar-refractivity contribution in [1.82, 2.24) is 0 Å². The van der Waals surface area contributed by atoms with Crippen molar-refractivity contribution < 1.29 is 13.0 Å². The summed E-state index contributed by atoms with van der Waals surface area (Å²) in [5.41, 5.74) is 0. The van der Waals surface area contributed by atoms with Gasteiger partial charge in [-0.3, -0.25) is 0 Å². The lowest BCUT2D eigenvalue weighted by Gasteiger charge is -2.12. The van der Waals surface area contributed by atoms with Gasteiger partial charge < -0.3 is 0 Å². The fourth-order valence-electron chi connectivity index (χ4n) is 1.39. The first-order valence-corrected chi connectivity index (χ1v) is 7.55. The van der Waals surface area contributed by atoms with Crippen LogP contribution >= 0.6 is 11.3 Å². The number of hydrogen-bond donors (Lipinski definition) is 0. The average molecular weight is 301 g/mol. The number of nitrogens with zero attached hydrogens (tertiary/aromatic N) is 1. The molecule has 19 heavy (non-hydrogen) atoms. The van der Waals surface area contributed by atoms with Crippen molar-refractivity contribution in [2.45, 2.75) is 25.5 Å². The van der Waals surface area contributed by atoms with Crippen LogP contribution in [0.5, 0.6) is 0 Å². The molecule has 1 unspecified atom stereocenters. The van der Waals surface area contributed by atoms with Crippen LogP contribution in [0, 0.1) is 11.6 Å². The fourth-order valence-corrected chi connectivity index (χ4v) is 2.96. The smallest absolute Gasteiger partial charge is 0.150 e. The summed E-state index contributed by atoms with van der Waals surface area (Å²) in [7, 11) is -1.44. The predicted octanol–water partition coefficient (Wildman–Crippen LogP) is 4.06. The van der Waals surface area contributed by atoms with Gasteiger partial charge >= 0.3 is 0 Å². The van der Waals surface area contributed by atoms with Gasteiger partial charge in [0.25, 0.3) is 0 Å². The van der Waals surface area contributed by atoms with Crippen LogP contribution in [0.25, 0.3) is 10.1 Å². The zero-order valence-corrected chi connectivity index (χ0v) is 12.4. The van der Waals surface area contributed by atoms with E-state index in [9.17, 15) is 13.0 Å². The first-order chi connectivity index (χ1) is 8.79. The van der Waals surface area contributed by atoms with Crippen LogP contribution in [0.4, 0.5) is 8.78 Å². The lowest BCUT2D eigenvalue weighted by atomic mass is 10.2. The lowest BCUT2D eigenvalue weighted by Crippen LogP contribution is -2.19. The largest absolute Gasteiger partial charge is 0.234 e. The van der Waals surface area contributed by atoms with E-state index >= 15 is 0 Å². The van der Waals surface area contributed by atoms with E-state index in [2.05, 4.69) is 4.40 Å². The SMILES string of the molecule is CC(C)(C)S(=O)N=Cc1sc2cc(F)ccc2c1F. The molecule has 1 aromatic carbocycles. The summed E-state index contributed by atoms with van der Waals surface area (Å²) in [6, 6.07) is 3.89. The summed E-state index contributed by atoms with van der Waals surface area (Å²) in [5.74, 6) is -0.856. The lowest BCUT2D eigenvalue weighted by molar-refractivity contribution is 0.628. The molecule has 102 valence electrons. The van der Waals surface area contributed by atoms with Crippen LogP contribution in [-0.2, 0) is 11.0 Å². The Hall–Kier alpha value is -1.14. The maximum absolute atomic E-state index is 14.0. The van der Waals surface area contributed by atoms with Crippen LogP contribution in [0.1, 0.15) is 25.6 Å². The summed E-state index contributed by atoms with van der Waals surface area (Å²) < 4.78 is 42.7. The Morgan fingerprint density at radius 1 is 1.32 bits per heavy atom. The van der Waals surface area contributed by atoms with Gasteiger partial charge in [0, 0.05) is 10.1 Å². The zero-order chi connectivity index (χ0) is 14.2. The van der Waals surface area contributed by atoms with Gasteiger partial charge in [-0.2, -0.15) is 4.40 Å². The molecule has 6 heteroatoms. The van der Waals surface area contributed by atoms with Crippen molar-refractivity contribution in [3.05, 3.63) is 34.7 Å². The van der Waals surface area contributed by atoms with Crippen molar-refractivity contribution >= 4 is 38.6 Å². The Balaban J connectivity index is 2.39. The van der Waals surface area contributed by atoms with E-state index in [-0.39, 0.29) is 4.88 Å². The third-order valence-corrected chi connectivity index (χ3v) is 4.81. The molecule has 2 rings (SSSR count). The number of thiophene rings is 1. The molecule has 0 N–H and O–H groups in total. The Kier molecular flexibility index (Phi) is 3.82. The number of rotatable bonds is 2. The first-order valence-electron chi connectivity index (χ1n) is 5.62. The van der Waals surface area contributed by atoms with E-state index in [1.54, 1.807) is 20.8 Å². The third-order valence-electron chi connectivity index (χ3n) is 2.41. The summed E-state index contributed by atoms with van der Waals surface area (Å²) in [6.07, 6.45) is 1.26. The highest BCUT2D eigenvalue weighted by molar-refractivity contribution is 7.85. The molecule has 0 saturated carbocycles. The van der Waals surface area contributed by atoms with Gasteiger partial charge in [-0.05, 0) is 39.0 Å². The molecule has 0 amide bonds. The number of benzene rings is 1. The molecule has 0 aliphatic rings. The molecule has 1 heterocycles. The Labute approximate surface area is 116 Å². The summed E-state index contributed by atoms with van der Waals surface area (Å²) >= 11 is 1.09. The average Bonchev–Trinajstić information content (AvgIpc) is 2.61. The molecule has 1 aromatic heterocycles. The zero-order valence-electron chi connectivity index (χ0n) is 10.7. The predicted molar refractivity (Wildman–Crippen MR) is 77.2 cm³/mol. The van der Waals surface area contributed by atoms with Gasteiger partial charge in [0.05, 0.1) is 15.8 Å². The van der Waals surface area contributed by atoms with Gasteiger partial charge in [0.15, 0.2) is 5.82 Å². The van der Waals surface area contributed by atoms with E-state index in [1.165, 1.54) is 24.4 Å². The monoisotopic (exact) mass is 301 g/mol. The summed E-state index contributed by atoms with van der Waals surface area (Å²) in [5, 5.41) is 0.356.